The van der Waals surface area contributed by atoms with E-state index in [1.807, 2.05) is 0 Å². The molecule has 0 bridgehead atoms. The minimum atomic E-state index is 0.0765. The van der Waals surface area contributed by atoms with E-state index in [4.69, 9.17) is 0 Å². The van der Waals surface area contributed by atoms with Crippen molar-refractivity contribution in [1.82, 2.24) is 4.98 Å². The number of ketones is 1. The zero-order valence-electron chi connectivity index (χ0n) is 14.1. The van der Waals surface area contributed by atoms with Crippen molar-refractivity contribution >= 4 is 17.1 Å². The largest absolute Gasteiger partial charge is 0.299 e. The van der Waals surface area contributed by atoms with Gasteiger partial charge in [0.15, 0.2) is 0 Å². The van der Waals surface area contributed by atoms with E-state index in [2.05, 4.69) is 45.0 Å². The molecule has 0 aliphatic heterocycles. The van der Waals surface area contributed by atoms with Gasteiger partial charge in [-0.25, -0.2) is 4.98 Å². The average molecular weight is 308 g/mol. The second-order valence-electron chi connectivity index (χ2n) is 7.88. The van der Waals surface area contributed by atoms with Gasteiger partial charge in [-0.3, -0.25) is 4.79 Å². The molecule has 1 aliphatic rings. The van der Waals surface area contributed by atoms with E-state index < -0.39 is 0 Å². The van der Waals surface area contributed by atoms with Crippen molar-refractivity contribution in [1.29, 1.82) is 0 Å². The van der Waals surface area contributed by atoms with Gasteiger partial charge in [0.2, 0.25) is 0 Å². The summed E-state index contributed by atoms with van der Waals surface area (Å²) in [5, 5.41) is 3.11. The summed E-state index contributed by atoms with van der Waals surface area (Å²) in [7, 11) is 0. The molecule has 1 saturated carbocycles. The Morgan fingerprint density at radius 2 is 1.90 bits per heavy atom. The van der Waals surface area contributed by atoms with E-state index in [-0.39, 0.29) is 11.3 Å². The second-order valence-corrected chi connectivity index (χ2v) is 8.82. The molecule has 0 amide bonds. The van der Waals surface area contributed by atoms with Gasteiger partial charge < -0.3 is 0 Å². The van der Waals surface area contributed by atoms with E-state index in [1.165, 1.54) is 12.8 Å². The first-order valence-electron chi connectivity index (χ1n) is 8.25. The lowest BCUT2D eigenvalue weighted by molar-refractivity contribution is -0.123. The lowest BCUT2D eigenvalue weighted by Gasteiger charge is -2.30. The van der Waals surface area contributed by atoms with Crippen LogP contribution in [0.4, 0.5) is 0 Å². The predicted octanol–water partition coefficient (Wildman–Crippen LogP) is 5.01. The molecule has 1 fully saturated rings. The van der Waals surface area contributed by atoms with Crippen LogP contribution in [0.1, 0.15) is 71.0 Å². The summed E-state index contributed by atoms with van der Waals surface area (Å²) in [6.45, 7) is 11.1. The highest BCUT2D eigenvalue weighted by Crippen LogP contribution is 2.34. The normalized spacial score (nSPS) is 23.5. The van der Waals surface area contributed by atoms with E-state index in [1.54, 1.807) is 11.3 Å². The van der Waals surface area contributed by atoms with Crippen molar-refractivity contribution in [2.24, 2.45) is 17.8 Å². The highest BCUT2D eigenvalue weighted by atomic mass is 32.1. The van der Waals surface area contributed by atoms with Crippen LogP contribution < -0.4 is 0 Å². The number of hydrogen-bond acceptors (Lipinski definition) is 3. The molecule has 0 radical (unpaired) electrons. The highest BCUT2D eigenvalue weighted by molar-refractivity contribution is 7.09. The zero-order chi connectivity index (χ0) is 15.6. The van der Waals surface area contributed by atoms with Crippen molar-refractivity contribution in [2.45, 2.75) is 72.1 Å². The van der Waals surface area contributed by atoms with Crippen LogP contribution in [0.2, 0.25) is 0 Å². The Labute approximate surface area is 133 Å². The van der Waals surface area contributed by atoms with Gasteiger partial charge in [0.1, 0.15) is 10.8 Å². The number of aromatic nitrogens is 1. The molecule has 0 spiro atoms. The van der Waals surface area contributed by atoms with Crippen molar-refractivity contribution < 1.29 is 4.79 Å². The van der Waals surface area contributed by atoms with Gasteiger partial charge in [0.25, 0.3) is 0 Å². The van der Waals surface area contributed by atoms with Crippen LogP contribution in [0.15, 0.2) is 5.38 Å². The zero-order valence-corrected chi connectivity index (χ0v) is 14.9. The van der Waals surface area contributed by atoms with Gasteiger partial charge in [-0.1, -0.05) is 34.6 Å². The molecule has 118 valence electrons. The number of carbonyl (C=O) groups excluding carboxylic acids is 1. The molecule has 2 nitrogen and oxygen atoms in total. The van der Waals surface area contributed by atoms with Gasteiger partial charge in [-0.15, -0.1) is 11.3 Å². The fraction of sp³-hybridized carbons (Fsp3) is 0.778. The van der Waals surface area contributed by atoms with Gasteiger partial charge in [0.05, 0.1) is 12.1 Å². The molecule has 0 N–H and O–H groups in total. The van der Waals surface area contributed by atoms with Crippen LogP contribution in [-0.4, -0.2) is 10.8 Å². The highest BCUT2D eigenvalue weighted by Gasteiger charge is 2.28. The molecule has 1 aromatic rings. The van der Waals surface area contributed by atoms with E-state index in [0.29, 0.717) is 12.2 Å². The van der Waals surface area contributed by atoms with E-state index in [9.17, 15) is 4.79 Å². The van der Waals surface area contributed by atoms with E-state index in [0.717, 1.165) is 35.4 Å². The summed E-state index contributed by atoms with van der Waals surface area (Å²) in [5.41, 5.74) is 1.19. The van der Waals surface area contributed by atoms with Gasteiger partial charge >= 0.3 is 0 Å². The Bertz CT molecular complexity index is 476. The lowest BCUT2D eigenvalue weighted by Crippen LogP contribution is -2.25. The number of nitrogens with zero attached hydrogens (tertiary/aromatic N) is 1. The topological polar surface area (TPSA) is 30.0 Å². The summed E-state index contributed by atoms with van der Waals surface area (Å²) in [6.07, 6.45) is 5.15. The summed E-state index contributed by atoms with van der Waals surface area (Å²) >= 11 is 1.64. The Hall–Kier alpha value is -0.700. The van der Waals surface area contributed by atoms with Crippen molar-refractivity contribution in [3.8, 4) is 0 Å². The van der Waals surface area contributed by atoms with Crippen LogP contribution in [0, 0.1) is 17.8 Å². The monoisotopic (exact) mass is 307 g/mol. The third-order valence-electron chi connectivity index (χ3n) is 4.82. The van der Waals surface area contributed by atoms with Crippen LogP contribution in [0.25, 0.3) is 0 Å². The molecule has 2 rings (SSSR count). The van der Waals surface area contributed by atoms with E-state index >= 15 is 0 Å². The molecule has 0 aromatic carbocycles. The molecule has 0 atom stereocenters. The van der Waals surface area contributed by atoms with Crippen molar-refractivity contribution in [3.63, 3.8) is 0 Å². The molecule has 1 heterocycles. The third kappa shape index (κ3) is 4.38. The number of Topliss-reactive ketones (excluding diaryl/α,β-unsaturated/α-hetero) is 1. The molecule has 1 aromatic heterocycles. The number of thiazole rings is 1. The molecule has 3 heteroatoms. The summed E-state index contributed by atoms with van der Waals surface area (Å²) in [6, 6.07) is 0. The van der Waals surface area contributed by atoms with Crippen molar-refractivity contribution in [3.05, 3.63) is 16.1 Å². The summed E-state index contributed by atoms with van der Waals surface area (Å²) < 4.78 is 0. The average Bonchev–Trinajstić information content (AvgIpc) is 2.87. The molecule has 21 heavy (non-hydrogen) atoms. The lowest BCUT2D eigenvalue weighted by atomic mass is 9.75. The van der Waals surface area contributed by atoms with Crippen LogP contribution in [0.5, 0.6) is 0 Å². The maximum absolute atomic E-state index is 12.5. The summed E-state index contributed by atoms with van der Waals surface area (Å²) in [4.78, 5) is 17.1. The quantitative estimate of drug-likeness (QED) is 0.782. The first kappa shape index (κ1) is 16.7. The maximum Gasteiger partial charge on any atom is 0.142 e. The fourth-order valence-electron chi connectivity index (χ4n) is 3.14. The van der Waals surface area contributed by atoms with Crippen LogP contribution in [0.3, 0.4) is 0 Å². The smallest absolute Gasteiger partial charge is 0.142 e. The van der Waals surface area contributed by atoms with Gasteiger partial charge in [0, 0.05) is 16.7 Å². The van der Waals surface area contributed by atoms with Crippen molar-refractivity contribution in [2.75, 3.05) is 0 Å². The summed E-state index contributed by atoms with van der Waals surface area (Å²) in [5.74, 6) is 2.27. The van der Waals surface area contributed by atoms with Gasteiger partial charge in [-0.05, 0) is 37.5 Å². The van der Waals surface area contributed by atoms with Crippen LogP contribution in [-0.2, 0) is 16.6 Å². The standard InChI is InChI=1S/C18H29NOS/c1-12(2)13-6-8-14(9-7-13)15(20)10-17-19-16(11-21-17)18(3,4)5/h11-14H,6-10H2,1-5H3. The minimum absolute atomic E-state index is 0.0765. The first-order valence-corrected chi connectivity index (χ1v) is 9.13. The number of hydrogen-bond donors (Lipinski definition) is 0. The predicted molar refractivity (Wildman–Crippen MR) is 89.8 cm³/mol. The fourth-order valence-corrected chi connectivity index (χ4v) is 4.17. The number of rotatable bonds is 4. The van der Waals surface area contributed by atoms with Crippen LogP contribution >= 0.6 is 11.3 Å². The second kappa shape index (κ2) is 6.60. The minimum Gasteiger partial charge on any atom is -0.299 e. The molecular formula is C18H29NOS. The third-order valence-corrected chi connectivity index (χ3v) is 5.66. The Morgan fingerprint density at radius 1 is 1.29 bits per heavy atom. The number of carbonyl (C=O) groups is 1. The Kier molecular flexibility index (Phi) is 5.24. The molecule has 1 aliphatic carbocycles. The van der Waals surface area contributed by atoms with Gasteiger partial charge in [-0.2, -0.15) is 0 Å². The molecule has 0 unspecified atom stereocenters. The Balaban J connectivity index is 1.89. The SMILES string of the molecule is CC(C)C1CCC(C(=O)Cc2nc(C(C)(C)C)cs2)CC1. The first-order chi connectivity index (χ1) is 9.77. The maximum atomic E-state index is 12.5. The molecule has 0 saturated heterocycles. The molecular weight excluding hydrogens is 278 g/mol. The Morgan fingerprint density at radius 3 is 2.38 bits per heavy atom.